The van der Waals surface area contributed by atoms with Gasteiger partial charge in [-0.25, -0.2) is 9.97 Å². The molecule has 6 nitrogen and oxygen atoms in total. The van der Waals surface area contributed by atoms with E-state index in [2.05, 4.69) is 45.1 Å². The molecule has 2 heterocycles. The Morgan fingerprint density at radius 1 is 1.14 bits per heavy atom. The van der Waals surface area contributed by atoms with Gasteiger partial charge >= 0.3 is 5.97 Å². The SMILES string of the molecule is CC(C(=O)ON)C1CCN(c2nccc(-c3ccc4ccccc4c3)n2)CC1. The number of nitrogens with two attached hydrogens (primary N) is 1. The van der Waals surface area contributed by atoms with Crippen LogP contribution < -0.4 is 10.8 Å². The number of carbonyl (C=O) groups excluding carboxylic acids is 1. The average molecular weight is 376 g/mol. The number of hydrogen-bond acceptors (Lipinski definition) is 6. The van der Waals surface area contributed by atoms with E-state index in [-0.39, 0.29) is 17.8 Å². The lowest BCUT2D eigenvalue weighted by molar-refractivity contribution is -0.150. The maximum Gasteiger partial charge on any atom is 0.327 e. The first-order valence-electron chi connectivity index (χ1n) is 9.63. The zero-order valence-electron chi connectivity index (χ0n) is 15.9. The maximum absolute atomic E-state index is 11.7. The first kappa shape index (κ1) is 18.4. The van der Waals surface area contributed by atoms with E-state index >= 15 is 0 Å². The molecule has 1 aliphatic heterocycles. The molecule has 6 heteroatoms. The van der Waals surface area contributed by atoms with Crippen LogP contribution in [-0.4, -0.2) is 29.0 Å². The Balaban J connectivity index is 1.50. The van der Waals surface area contributed by atoms with Crippen molar-refractivity contribution in [3.63, 3.8) is 0 Å². The summed E-state index contributed by atoms with van der Waals surface area (Å²) in [4.78, 5) is 27.5. The highest BCUT2D eigenvalue weighted by Crippen LogP contribution is 2.29. The van der Waals surface area contributed by atoms with Gasteiger partial charge in [-0.1, -0.05) is 43.3 Å². The highest BCUT2D eigenvalue weighted by molar-refractivity contribution is 5.86. The lowest BCUT2D eigenvalue weighted by Crippen LogP contribution is -2.38. The Labute approximate surface area is 164 Å². The largest absolute Gasteiger partial charge is 0.373 e. The minimum atomic E-state index is -0.340. The smallest absolute Gasteiger partial charge is 0.327 e. The van der Waals surface area contributed by atoms with Crippen LogP contribution in [0.15, 0.2) is 54.7 Å². The van der Waals surface area contributed by atoms with Crippen LogP contribution in [0.4, 0.5) is 5.95 Å². The molecule has 0 saturated carbocycles. The second-order valence-corrected chi connectivity index (χ2v) is 7.35. The molecule has 144 valence electrons. The molecule has 1 atom stereocenters. The van der Waals surface area contributed by atoms with Crippen LogP contribution >= 0.6 is 0 Å². The second kappa shape index (κ2) is 7.94. The lowest BCUT2D eigenvalue weighted by atomic mass is 9.85. The van der Waals surface area contributed by atoms with Gasteiger partial charge in [0.25, 0.3) is 0 Å². The summed E-state index contributed by atoms with van der Waals surface area (Å²) in [5.74, 6) is 5.51. The molecule has 4 rings (SSSR count). The van der Waals surface area contributed by atoms with Gasteiger partial charge in [-0.05, 0) is 41.7 Å². The van der Waals surface area contributed by atoms with Crippen LogP contribution in [0.2, 0.25) is 0 Å². The molecule has 1 unspecified atom stereocenters. The number of hydrogen-bond donors (Lipinski definition) is 1. The molecule has 0 bridgehead atoms. The fourth-order valence-electron chi connectivity index (χ4n) is 3.91. The molecular weight excluding hydrogens is 352 g/mol. The van der Waals surface area contributed by atoms with E-state index < -0.39 is 0 Å². The van der Waals surface area contributed by atoms with E-state index in [9.17, 15) is 4.79 Å². The number of benzene rings is 2. The minimum Gasteiger partial charge on any atom is -0.373 e. The summed E-state index contributed by atoms with van der Waals surface area (Å²) in [5, 5.41) is 2.41. The molecule has 0 amide bonds. The zero-order chi connectivity index (χ0) is 19.5. The Morgan fingerprint density at radius 3 is 2.64 bits per heavy atom. The number of piperidine rings is 1. The zero-order valence-corrected chi connectivity index (χ0v) is 15.9. The van der Waals surface area contributed by atoms with Crippen LogP contribution in [0.3, 0.4) is 0 Å². The fraction of sp³-hybridized carbons (Fsp3) is 0.318. The molecule has 1 aliphatic rings. The highest BCUT2D eigenvalue weighted by Gasteiger charge is 2.29. The van der Waals surface area contributed by atoms with Crippen molar-refractivity contribution in [3.05, 3.63) is 54.7 Å². The lowest BCUT2D eigenvalue weighted by Gasteiger charge is -2.33. The normalized spacial score (nSPS) is 16.1. The Bertz CT molecular complexity index is 983. The van der Waals surface area contributed by atoms with E-state index in [4.69, 9.17) is 10.9 Å². The summed E-state index contributed by atoms with van der Waals surface area (Å²) in [6.45, 7) is 3.51. The van der Waals surface area contributed by atoms with Gasteiger partial charge < -0.3 is 9.74 Å². The molecule has 1 fully saturated rings. The van der Waals surface area contributed by atoms with E-state index in [1.807, 2.05) is 31.3 Å². The third kappa shape index (κ3) is 3.68. The van der Waals surface area contributed by atoms with Crippen molar-refractivity contribution in [2.75, 3.05) is 18.0 Å². The van der Waals surface area contributed by atoms with Crippen molar-refractivity contribution in [2.24, 2.45) is 17.7 Å². The topological polar surface area (TPSA) is 81.3 Å². The van der Waals surface area contributed by atoms with Crippen LogP contribution in [0.1, 0.15) is 19.8 Å². The van der Waals surface area contributed by atoms with E-state index in [0.29, 0.717) is 0 Å². The monoisotopic (exact) mass is 376 g/mol. The molecule has 0 aliphatic carbocycles. The van der Waals surface area contributed by atoms with Gasteiger partial charge in [0.1, 0.15) is 0 Å². The number of aromatic nitrogens is 2. The van der Waals surface area contributed by atoms with Crippen molar-refractivity contribution >= 4 is 22.7 Å². The first-order chi connectivity index (χ1) is 13.7. The van der Waals surface area contributed by atoms with Gasteiger partial charge in [0.15, 0.2) is 0 Å². The average Bonchev–Trinajstić information content (AvgIpc) is 2.78. The predicted octanol–water partition coefficient (Wildman–Crippen LogP) is 3.57. The van der Waals surface area contributed by atoms with Crippen molar-refractivity contribution in [1.82, 2.24) is 9.97 Å². The molecule has 2 aromatic carbocycles. The number of anilines is 1. The maximum atomic E-state index is 11.7. The van der Waals surface area contributed by atoms with Crippen molar-refractivity contribution in [3.8, 4) is 11.3 Å². The van der Waals surface area contributed by atoms with E-state index in [0.717, 1.165) is 43.1 Å². The van der Waals surface area contributed by atoms with Crippen molar-refractivity contribution in [1.29, 1.82) is 0 Å². The Kier molecular flexibility index (Phi) is 5.21. The third-order valence-corrected chi connectivity index (χ3v) is 5.71. The molecule has 3 aromatic rings. The molecule has 1 saturated heterocycles. The number of fused-ring (bicyclic) bond motifs is 1. The van der Waals surface area contributed by atoms with Crippen LogP contribution in [-0.2, 0) is 9.63 Å². The van der Waals surface area contributed by atoms with Gasteiger partial charge in [0, 0.05) is 24.8 Å². The minimum absolute atomic E-state index is 0.183. The molecule has 0 radical (unpaired) electrons. The summed E-state index contributed by atoms with van der Waals surface area (Å²) in [7, 11) is 0. The number of nitrogens with zero attached hydrogens (tertiary/aromatic N) is 3. The van der Waals surface area contributed by atoms with E-state index in [1.54, 1.807) is 0 Å². The van der Waals surface area contributed by atoms with Gasteiger partial charge in [-0.15, -0.1) is 0 Å². The predicted molar refractivity (Wildman–Crippen MR) is 109 cm³/mol. The summed E-state index contributed by atoms with van der Waals surface area (Å²) in [5.41, 5.74) is 1.99. The number of rotatable bonds is 4. The quantitative estimate of drug-likeness (QED) is 0.701. The Hall–Kier alpha value is -2.99. The summed E-state index contributed by atoms with van der Waals surface area (Å²) < 4.78 is 0. The van der Waals surface area contributed by atoms with Gasteiger partial charge in [0.2, 0.25) is 5.95 Å². The first-order valence-corrected chi connectivity index (χ1v) is 9.63. The van der Waals surface area contributed by atoms with Gasteiger partial charge in [-0.2, -0.15) is 5.90 Å². The third-order valence-electron chi connectivity index (χ3n) is 5.71. The number of carbonyl (C=O) groups is 1. The summed E-state index contributed by atoms with van der Waals surface area (Å²) in [6.07, 6.45) is 3.59. The van der Waals surface area contributed by atoms with Crippen LogP contribution in [0, 0.1) is 11.8 Å². The van der Waals surface area contributed by atoms with Crippen LogP contribution in [0.25, 0.3) is 22.0 Å². The summed E-state index contributed by atoms with van der Waals surface area (Å²) in [6, 6.07) is 16.6. The van der Waals surface area contributed by atoms with Gasteiger partial charge in [0.05, 0.1) is 11.6 Å². The van der Waals surface area contributed by atoms with Crippen molar-refractivity contribution in [2.45, 2.75) is 19.8 Å². The molecular formula is C22H24N4O2. The van der Waals surface area contributed by atoms with Crippen molar-refractivity contribution < 1.29 is 9.63 Å². The Morgan fingerprint density at radius 2 is 1.89 bits per heavy atom. The standard InChI is InChI=1S/C22H24N4O2/c1-15(21(27)28-23)16-9-12-26(13-10-16)22-24-11-8-20(25-22)19-7-6-17-4-2-3-5-18(17)14-19/h2-8,11,14-16H,9-10,12-13,23H2,1H3. The fourth-order valence-corrected chi connectivity index (χ4v) is 3.91. The van der Waals surface area contributed by atoms with E-state index in [1.165, 1.54) is 10.8 Å². The van der Waals surface area contributed by atoms with Crippen LogP contribution in [0.5, 0.6) is 0 Å². The molecule has 0 spiro atoms. The van der Waals surface area contributed by atoms with Gasteiger partial charge in [-0.3, -0.25) is 4.79 Å². The molecule has 2 N–H and O–H groups in total. The molecule has 1 aromatic heterocycles. The highest BCUT2D eigenvalue weighted by atomic mass is 16.7. The molecule has 28 heavy (non-hydrogen) atoms. The summed E-state index contributed by atoms with van der Waals surface area (Å²) >= 11 is 0. The second-order valence-electron chi connectivity index (χ2n) is 7.35.